The molecule has 1 N–H and O–H groups in total. The van der Waals surface area contributed by atoms with Gasteiger partial charge in [-0.3, -0.25) is 4.79 Å². The quantitative estimate of drug-likeness (QED) is 0.819. The highest BCUT2D eigenvalue weighted by Crippen LogP contribution is 2.26. The highest BCUT2D eigenvalue weighted by Gasteiger charge is 2.12. The minimum Gasteiger partial charge on any atom is -0.481 e. The number of aliphatic carboxylic acids is 1. The van der Waals surface area contributed by atoms with Gasteiger partial charge in [0.15, 0.2) is 0 Å². The van der Waals surface area contributed by atoms with Crippen LogP contribution in [0.3, 0.4) is 0 Å². The van der Waals surface area contributed by atoms with Crippen molar-refractivity contribution in [2.24, 2.45) is 0 Å². The Hall–Kier alpha value is -1.38. The van der Waals surface area contributed by atoms with E-state index in [2.05, 4.69) is 0 Å². The minimum atomic E-state index is -0.852. The van der Waals surface area contributed by atoms with E-state index < -0.39 is 5.97 Å². The molecular weight excluding hydrogens is 219 g/mol. The maximum atomic E-state index is 13.9. The molecule has 0 spiro atoms. The van der Waals surface area contributed by atoms with Gasteiger partial charge in [-0.05, 0) is 42.4 Å². The lowest BCUT2D eigenvalue weighted by Crippen LogP contribution is -2.02. The third-order valence-corrected chi connectivity index (χ3v) is 3.12. The van der Waals surface area contributed by atoms with E-state index in [-0.39, 0.29) is 18.2 Å². The van der Waals surface area contributed by atoms with E-state index in [1.54, 1.807) is 6.07 Å². The third kappa shape index (κ3) is 3.84. The predicted octanol–water partition coefficient (Wildman–Crippen LogP) is 3.75. The van der Waals surface area contributed by atoms with Crippen LogP contribution in [0.1, 0.15) is 50.2 Å². The van der Waals surface area contributed by atoms with Crippen molar-refractivity contribution < 1.29 is 14.3 Å². The summed E-state index contributed by atoms with van der Waals surface area (Å²) in [5.74, 6) is -0.806. The molecule has 0 amide bonds. The molecule has 2 nitrogen and oxygen atoms in total. The minimum absolute atomic E-state index is 0.0454. The topological polar surface area (TPSA) is 37.3 Å². The molecule has 94 valence electrons. The summed E-state index contributed by atoms with van der Waals surface area (Å²) in [6, 6.07) is 5.10. The molecule has 0 saturated carbocycles. The smallest absolute Gasteiger partial charge is 0.303 e. The molecule has 0 unspecified atom stereocenters. The van der Waals surface area contributed by atoms with Crippen LogP contribution in [0.25, 0.3) is 0 Å². The fourth-order valence-electron chi connectivity index (χ4n) is 2.04. The fourth-order valence-corrected chi connectivity index (χ4v) is 2.04. The van der Waals surface area contributed by atoms with Gasteiger partial charge in [0.05, 0.1) is 0 Å². The van der Waals surface area contributed by atoms with Gasteiger partial charge in [0.2, 0.25) is 0 Å². The van der Waals surface area contributed by atoms with Crippen molar-refractivity contribution in [1.82, 2.24) is 0 Å². The van der Waals surface area contributed by atoms with Crippen molar-refractivity contribution in [2.75, 3.05) is 0 Å². The molecule has 0 bridgehead atoms. The first-order valence-electron chi connectivity index (χ1n) is 6.08. The number of hydrogen-bond donors (Lipinski definition) is 1. The maximum Gasteiger partial charge on any atom is 0.303 e. The largest absolute Gasteiger partial charge is 0.481 e. The Morgan fingerprint density at radius 2 is 2.00 bits per heavy atom. The number of aryl methyl sites for hydroxylation is 1. The standard InChI is InChI=1S/C14H19FO2/c1-3-11(4-2)12-7-5-10(9-13(12)15)6-8-14(16)17/h5,7,9,11H,3-4,6,8H2,1-2H3,(H,16,17). The van der Waals surface area contributed by atoms with E-state index in [1.165, 1.54) is 6.07 Å². The van der Waals surface area contributed by atoms with Crippen molar-refractivity contribution in [3.8, 4) is 0 Å². The van der Waals surface area contributed by atoms with Crippen molar-refractivity contribution in [3.05, 3.63) is 35.1 Å². The molecule has 1 aromatic rings. The molecule has 0 heterocycles. The van der Waals surface area contributed by atoms with Gasteiger partial charge in [0, 0.05) is 6.42 Å². The number of benzene rings is 1. The second-order valence-electron chi connectivity index (χ2n) is 4.26. The average Bonchev–Trinajstić information content (AvgIpc) is 2.30. The Morgan fingerprint density at radius 3 is 2.47 bits per heavy atom. The number of hydrogen-bond acceptors (Lipinski definition) is 1. The molecule has 0 aliphatic heterocycles. The van der Waals surface area contributed by atoms with E-state index >= 15 is 0 Å². The van der Waals surface area contributed by atoms with E-state index in [9.17, 15) is 9.18 Å². The SMILES string of the molecule is CCC(CC)c1ccc(CCC(=O)O)cc1F. The maximum absolute atomic E-state index is 13.9. The Bertz CT molecular complexity index is 384. The number of halogens is 1. The van der Waals surface area contributed by atoms with E-state index in [1.807, 2.05) is 19.9 Å². The van der Waals surface area contributed by atoms with Crippen LogP contribution in [0, 0.1) is 5.82 Å². The number of carbonyl (C=O) groups is 1. The van der Waals surface area contributed by atoms with Crippen LogP contribution in [-0.4, -0.2) is 11.1 Å². The summed E-state index contributed by atoms with van der Waals surface area (Å²) < 4.78 is 13.9. The van der Waals surface area contributed by atoms with E-state index in [0.29, 0.717) is 6.42 Å². The Balaban J connectivity index is 2.82. The summed E-state index contributed by atoms with van der Waals surface area (Å²) in [6.07, 6.45) is 2.27. The first kappa shape index (κ1) is 13.7. The molecule has 0 saturated heterocycles. The van der Waals surface area contributed by atoms with Gasteiger partial charge in [-0.15, -0.1) is 0 Å². The normalized spacial score (nSPS) is 10.8. The monoisotopic (exact) mass is 238 g/mol. The molecule has 1 rings (SSSR count). The third-order valence-electron chi connectivity index (χ3n) is 3.12. The highest BCUT2D eigenvalue weighted by molar-refractivity contribution is 5.67. The summed E-state index contributed by atoms with van der Waals surface area (Å²) in [5, 5.41) is 8.57. The van der Waals surface area contributed by atoms with Crippen LogP contribution in [0.5, 0.6) is 0 Å². The highest BCUT2D eigenvalue weighted by atomic mass is 19.1. The van der Waals surface area contributed by atoms with Crippen LogP contribution in [0.4, 0.5) is 4.39 Å². The number of carboxylic acids is 1. The molecule has 0 aromatic heterocycles. The van der Waals surface area contributed by atoms with Crippen LogP contribution in [0.15, 0.2) is 18.2 Å². The van der Waals surface area contributed by atoms with Crippen molar-refractivity contribution in [1.29, 1.82) is 0 Å². The fraction of sp³-hybridized carbons (Fsp3) is 0.500. The molecule has 0 aliphatic carbocycles. The number of carboxylic acid groups (broad SMARTS) is 1. The van der Waals surface area contributed by atoms with Gasteiger partial charge in [-0.25, -0.2) is 4.39 Å². The summed E-state index contributed by atoms with van der Waals surface area (Å²) in [7, 11) is 0. The second kappa shape index (κ2) is 6.38. The van der Waals surface area contributed by atoms with Crippen LogP contribution in [-0.2, 0) is 11.2 Å². The van der Waals surface area contributed by atoms with Gasteiger partial charge in [-0.2, -0.15) is 0 Å². The summed E-state index contributed by atoms with van der Waals surface area (Å²) in [5.41, 5.74) is 1.49. The summed E-state index contributed by atoms with van der Waals surface area (Å²) >= 11 is 0. The van der Waals surface area contributed by atoms with E-state index in [4.69, 9.17) is 5.11 Å². The molecular formula is C14H19FO2. The number of rotatable bonds is 6. The molecule has 1 aromatic carbocycles. The lowest BCUT2D eigenvalue weighted by molar-refractivity contribution is -0.136. The first-order chi connectivity index (χ1) is 8.08. The molecule has 0 atom stereocenters. The lowest BCUT2D eigenvalue weighted by atomic mass is 9.92. The zero-order valence-electron chi connectivity index (χ0n) is 10.4. The van der Waals surface area contributed by atoms with Crippen molar-refractivity contribution >= 4 is 5.97 Å². The van der Waals surface area contributed by atoms with Crippen LogP contribution in [0.2, 0.25) is 0 Å². The summed E-state index contributed by atoms with van der Waals surface area (Å²) in [6.45, 7) is 4.10. The van der Waals surface area contributed by atoms with Crippen molar-refractivity contribution in [2.45, 2.75) is 45.4 Å². The van der Waals surface area contributed by atoms with Crippen LogP contribution >= 0.6 is 0 Å². The van der Waals surface area contributed by atoms with Gasteiger partial charge in [0.25, 0.3) is 0 Å². The van der Waals surface area contributed by atoms with Crippen molar-refractivity contribution in [3.63, 3.8) is 0 Å². The zero-order valence-corrected chi connectivity index (χ0v) is 10.4. The lowest BCUT2D eigenvalue weighted by Gasteiger charge is -2.14. The van der Waals surface area contributed by atoms with Gasteiger partial charge in [0.1, 0.15) is 5.82 Å². The Morgan fingerprint density at radius 1 is 1.35 bits per heavy atom. The molecule has 17 heavy (non-hydrogen) atoms. The van der Waals surface area contributed by atoms with Crippen LogP contribution < -0.4 is 0 Å². The molecule has 0 radical (unpaired) electrons. The zero-order chi connectivity index (χ0) is 12.8. The molecule has 3 heteroatoms. The molecule has 0 fully saturated rings. The van der Waals surface area contributed by atoms with Gasteiger partial charge >= 0.3 is 5.97 Å². The average molecular weight is 238 g/mol. The van der Waals surface area contributed by atoms with Gasteiger partial charge < -0.3 is 5.11 Å². The van der Waals surface area contributed by atoms with Gasteiger partial charge in [-0.1, -0.05) is 26.0 Å². The summed E-state index contributed by atoms with van der Waals surface area (Å²) in [4.78, 5) is 10.4. The first-order valence-corrected chi connectivity index (χ1v) is 6.08. The predicted molar refractivity (Wildman–Crippen MR) is 65.7 cm³/mol. The Kier molecular flexibility index (Phi) is 5.13. The second-order valence-corrected chi connectivity index (χ2v) is 4.26. The molecule has 0 aliphatic rings. The Labute approximate surface area is 101 Å². The van der Waals surface area contributed by atoms with E-state index in [0.717, 1.165) is 24.0 Å².